The molecule has 0 saturated carbocycles. The maximum Gasteiger partial charge on any atom is 0.146 e. The van der Waals surface area contributed by atoms with Crippen molar-refractivity contribution in [3.05, 3.63) is 118 Å². The Morgan fingerprint density at radius 2 is 1.30 bits per heavy atom. The molecule has 0 radical (unpaired) electrons. The number of fused-ring (bicyclic) bond motifs is 1. The molecule has 4 rings (SSSR count). The normalized spacial score (nSPS) is 10.3. The summed E-state index contributed by atoms with van der Waals surface area (Å²) in [5, 5.41) is 1.39. The van der Waals surface area contributed by atoms with E-state index in [4.69, 9.17) is 0 Å². The monoisotopic (exact) mass is 430 g/mol. The molecule has 33 heavy (non-hydrogen) atoms. The molecule has 0 atom stereocenters. The van der Waals surface area contributed by atoms with E-state index in [0.29, 0.717) is 10.9 Å². The van der Waals surface area contributed by atoms with Gasteiger partial charge in [0.1, 0.15) is 5.82 Å². The fraction of sp³-hybridized carbons (Fsp3) is 0.188. The lowest BCUT2D eigenvalue weighted by Crippen LogP contribution is -1.88. The Hall–Kier alpha value is -3.81. The van der Waals surface area contributed by atoms with Gasteiger partial charge in [-0.2, -0.15) is 0 Å². The van der Waals surface area contributed by atoms with E-state index in [1.807, 2.05) is 49.4 Å². The van der Waals surface area contributed by atoms with Gasteiger partial charge in [-0.05, 0) is 73.2 Å². The molecule has 0 aliphatic carbocycles. The van der Waals surface area contributed by atoms with Crippen LogP contribution in [0.1, 0.15) is 59.6 Å². The zero-order valence-electron chi connectivity index (χ0n) is 19.2. The van der Waals surface area contributed by atoms with Crippen LogP contribution in [-0.4, -0.2) is 0 Å². The molecule has 0 bridgehead atoms. The summed E-state index contributed by atoms with van der Waals surface area (Å²) in [4.78, 5) is 0. The number of halogens is 1. The minimum Gasteiger partial charge on any atom is -0.205 e. The first-order chi connectivity index (χ1) is 16.1. The molecule has 0 spiro atoms. The number of benzene rings is 4. The molecule has 0 nitrogen and oxygen atoms in total. The van der Waals surface area contributed by atoms with Gasteiger partial charge in [0, 0.05) is 22.1 Å². The van der Waals surface area contributed by atoms with Gasteiger partial charge in [-0.3, -0.25) is 0 Å². The molecule has 0 fully saturated rings. The number of aryl methyl sites for hydroxylation is 2. The second kappa shape index (κ2) is 10.7. The Bertz CT molecular complexity index is 1370. The van der Waals surface area contributed by atoms with Crippen LogP contribution in [0.3, 0.4) is 0 Å². The highest BCUT2D eigenvalue weighted by molar-refractivity contribution is 5.86. The van der Waals surface area contributed by atoms with Gasteiger partial charge in [-0.15, -0.1) is 0 Å². The Morgan fingerprint density at radius 3 is 2.03 bits per heavy atom. The lowest BCUT2D eigenvalue weighted by atomic mass is 10.0. The van der Waals surface area contributed by atoms with E-state index < -0.39 is 0 Å². The van der Waals surface area contributed by atoms with Crippen molar-refractivity contribution in [2.45, 2.75) is 39.5 Å². The Kier molecular flexibility index (Phi) is 7.24. The minimum atomic E-state index is -0.287. The summed E-state index contributed by atoms with van der Waals surface area (Å²) in [6, 6.07) is 25.6. The maximum absolute atomic E-state index is 15.0. The summed E-state index contributed by atoms with van der Waals surface area (Å²) < 4.78 is 15.0. The fourth-order valence-corrected chi connectivity index (χ4v) is 3.72. The van der Waals surface area contributed by atoms with Crippen LogP contribution in [0.5, 0.6) is 0 Å². The van der Waals surface area contributed by atoms with E-state index in [-0.39, 0.29) is 5.82 Å². The van der Waals surface area contributed by atoms with Crippen LogP contribution < -0.4 is 0 Å². The SMILES string of the molecule is CCCCCc1ccc(C#Cc2ccc3c(F)c(C#Cc4ccc(C)cc4)ccc3c2)cc1. The van der Waals surface area contributed by atoms with Crippen LogP contribution >= 0.6 is 0 Å². The van der Waals surface area contributed by atoms with Gasteiger partial charge in [-0.25, -0.2) is 4.39 Å². The molecule has 0 amide bonds. The average Bonchev–Trinajstić information content (AvgIpc) is 2.84. The summed E-state index contributed by atoms with van der Waals surface area (Å²) in [6.07, 6.45) is 4.86. The molecule has 0 saturated heterocycles. The Balaban J connectivity index is 1.51. The van der Waals surface area contributed by atoms with Crippen molar-refractivity contribution in [2.24, 2.45) is 0 Å². The standard InChI is InChI=1S/C32H27F/c1-3-4-5-6-25-11-13-27(14-12-25)15-16-28-18-22-31-30(23-28)21-20-29(32(31)33)19-17-26-9-7-24(2)8-10-26/h7-14,18,20-23H,3-6H2,1-2H3. The molecule has 0 aromatic heterocycles. The molecule has 4 aromatic rings. The van der Waals surface area contributed by atoms with E-state index in [1.54, 1.807) is 12.1 Å². The third kappa shape index (κ3) is 5.91. The molecule has 0 heterocycles. The Morgan fingerprint density at radius 1 is 0.667 bits per heavy atom. The first-order valence-electron chi connectivity index (χ1n) is 11.5. The van der Waals surface area contributed by atoms with Crippen LogP contribution in [0.15, 0.2) is 78.9 Å². The first-order valence-corrected chi connectivity index (χ1v) is 11.5. The predicted octanol–water partition coefficient (Wildman–Crippen LogP) is 7.82. The third-order valence-corrected chi connectivity index (χ3v) is 5.72. The average molecular weight is 431 g/mol. The van der Waals surface area contributed by atoms with Gasteiger partial charge in [-0.1, -0.05) is 85.4 Å². The summed E-state index contributed by atoms with van der Waals surface area (Å²) in [7, 11) is 0. The van der Waals surface area contributed by atoms with Crippen molar-refractivity contribution in [3.8, 4) is 23.7 Å². The van der Waals surface area contributed by atoms with Crippen molar-refractivity contribution in [2.75, 3.05) is 0 Å². The van der Waals surface area contributed by atoms with Crippen molar-refractivity contribution in [1.82, 2.24) is 0 Å². The second-order valence-electron chi connectivity index (χ2n) is 8.38. The third-order valence-electron chi connectivity index (χ3n) is 5.72. The number of hydrogen-bond donors (Lipinski definition) is 0. The second-order valence-corrected chi connectivity index (χ2v) is 8.38. The topological polar surface area (TPSA) is 0 Å². The van der Waals surface area contributed by atoms with Crippen molar-refractivity contribution >= 4 is 10.8 Å². The van der Waals surface area contributed by atoms with Gasteiger partial charge in [0.2, 0.25) is 0 Å². The molecule has 0 N–H and O–H groups in total. The molecule has 0 unspecified atom stereocenters. The van der Waals surface area contributed by atoms with Gasteiger partial charge in [0.25, 0.3) is 0 Å². The van der Waals surface area contributed by atoms with E-state index in [0.717, 1.165) is 28.5 Å². The van der Waals surface area contributed by atoms with Crippen molar-refractivity contribution < 1.29 is 4.39 Å². The first kappa shape index (κ1) is 22.4. The molecule has 1 heteroatoms. The summed E-state index contributed by atoms with van der Waals surface area (Å²) in [5.74, 6) is 12.2. The minimum absolute atomic E-state index is 0.287. The van der Waals surface area contributed by atoms with Crippen LogP contribution in [0, 0.1) is 36.4 Å². The zero-order valence-corrected chi connectivity index (χ0v) is 19.2. The molecular formula is C32H27F. The highest BCUT2D eigenvalue weighted by Gasteiger charge is 2.06. The van der Waals surface area contributed by atoms with Crippen LogP contribution in [0.2, 0.25) is 0 Å². The predicted molar refractivity (Wildman–Crippen MR) is 137 cm³/mol. The van der Waals surface area contributed by atoms with E-state index >= 15 is 4.39 Å². The summed E-state index contributed by atoms with van der Waals surface area (Å²) in [5.41, 5.74) is 5.67. The molecule has 0 aliphatic rings. The van der Waals surface area contributed by atoms with Gasteiger partial charge in [0.05, 0.1) is 5.56 Å². The molecule has 162 valence electrons. The number of unbranched alkanes of at least 4 members (excludes halogenated alkanes) is 2. The largest absolute Gasteiger partial charge is 0.205 e. The lowest BCUT2D eigenvalue weighted by molar-refractivity contribution is 0.636. The smallest absolute Gasteiger partial charge is 0.146 e. The zero-order chi connectivity index (χ0) is 23.0. The Labute approximate surface area is 196 Å². The molecular weight excluding hydrogens is 403 g/mol. The van der Waals surface area contributed by atoms with E-state index in [9.17, 15) is 0 Å². The fourth-order valence-electron chi connectivity index (χ4n) is 3.72. The number of rotatable bonds is 4. The number of hydrogen-bond acceptors (Lipinski definition) is 0. The van der Waals surface area contributed by atoms with Crippen LogP contribution in [0.4, 0.5) is 4.39 Å². The molecule has 0 aliphatic heterocycles. The summed E-state index contributed by atoms with van der Waals surface area (Å²) in [6.45, 7) is 4.25. The van der Waals surface area contributed by atoms with E-state index in [2.05, 4.69) is 54.9 Å². The highest BCUT2D eigenvalue weighted by Crippen LogP contribution is 2.22. The summed E-state index contributed by atoms with van der Waals surface area (Å²) >= 11 is 0. The van der Waals surface area contributed by atoms with Crippen molar-refractivity contribution in [1.29, 1.82) is 0 Å². The van der Waals surface area contributed by atoms with Crippen LogP contribution in [0.25, 0.3) is 10.8 Å². The van der Waals surface area contributed by atoms with Gasteiger partial charge >= 0.3 is 0 Å². The maximum atomic E-state index is 15.0. The lowest BCUT2D eigenvalue weighted by Gasteiger charge is -2.03. The highest BCUT2D eigenvalue weighted by atomic mass is 19.1. The van der Waals surface area contributed by atoms with Gasteiger partial charge in [0.15, 0.2) is 0 Å². The van der Waals surface area contributed by atoms with E-state index in [1.165, 1.54) is 30.4 Å². The van der Waals surface area contributed by atoms with Gasteiger partial charge < -0.3 is 0 Å². The molecule has 4 aromatic carbocycles. The van der Waals surface area contributed by atoms with Crippen molar-refractivity contribution in [3.63, 3.8) is 0 Å². The quantitative estimate of drug-likeness (QED) is 0.229. The van der Waals surface area contributed by atoms with Crippen LogP contribution in [-0.2, 0) is 6.42 Å².